The van der Waals surface area contributed by atoms with Crippen molar-refractivity contribution in [2.75, 3.05) is 19.6 Å². The lowest BCUT2D eigenvalue weighted by molar-refractivity contribution is 0.0921. The molecule has 150 valence electrons. The first-order valence-electron chi connectivity index (χ1n) is 9.98. The fraction of sp³-hybridized carbons (Fsp3) is 0.364. The summed E-state index contributed by atoms with van der Waals surface area (Å²) in [6, 6.07) is 9.92. The van der Waals surface area contributed by atoms with E-state index in [2.05, 4.69) is 30.9 Å². The summed E-state index contributed by atoms with van der Waals surface area (Å²) in [7, 11) is 0. The topological polar surface area (TPSA) is 73.3 Å². The molecule has 4 rings (SSSR count). The van der Waals surface area contributed by atoms with Crippen molar-refractivity contribution in [1.29, 1.82) is 0 Å². The van der Waals surface area contributed by atoms with E-state index in [0.717, 1.165) is 50.2 Å². The van der Waals surface area contributed by atoms with Gasteiger partial charge >= 0.3 is 0 Å². The largest absolute Gasteiger partial charge is 0.470 e. The predicted octanol–water partition coefficient (Wildman–Crippen LogP) is 2.93. The molecular formula is C22H25N5O2. The molecule has 0 atom stereocenters. The highest BCUT2D eigenvalue weighted by atomic mass is 16.5. The van der Waals surface area contributed by atoms with Crippen molar-refractivity contribution in [3.05, 3.63) is 72.6 Å². The van der Waals surface area contributed by atoms with E-state index in [1.807, 2.05) is 30.5 Å². The van der Waals surface area contributed by atoms with Crippen molar-refractivity contribution in [3.63, 3.8) is 0 Å². The Bertz CT molecular complexity index is 871. The van der Waals surface area contributed by atoms with Gasteiger partial charge in [0.05, 0.1) is 0 Å². The first kappa shape index (κ1) is 19.3. The molecule has 0 aliphatic carbocycles. The van der Waals surface area contributed by atoms with Crippen molar-refractivity contribution in [2.24, 2.45) is 0 Å². The number of hydrogen-bond donors (Lipinski definition) is 0. The molecule has 7 nitrogen and oxygen atoms in total. The summed E-state index contributed by atoms with van der Waals surface area (Å²) < 4.78 is 12.0. The first-order chi connectivity index (χ1) is 14.4. The zero-order chi connectivity index (χ0) is 19.7. The first-order valence-corrected chi connectivity index (χ1v) is 9.98. The molecule has 1 saturated heterocycles. The second-order valence-corrected chi connectivity index (χ2v) is 7.05. The number of pyridine rings is 2. The number of rotatable bonds is 8. The van der Waals surface area contributed by atoms with E-state index >= 15 is 0 Å². The minimum atomic E-state index is 0.124. The van der Waals surface area contributed by atoms with Crippen molar-refractivity contribution in [2.45, 2.75) is 32.0 Å². The SMILES string of the molecule is c1ccc(CCN2CCC(Oc3nccnc3OCc3cccnc3)CC2)nc1. The second kappa shape index (κ2) is 9.93. The minimum Gasteiger partial charge on any atom is -0.470 e. The van der Waals surface area contributed by atoms with Gasteiger partial charge in [-0.2, -0.15) is 0 Å². The zero-order valence-corrected chi connectivity index (χ0v) is 16.4. The minimum absolute atomic E-state index is 0.124. The Labute approximate surface area is 170 Å². The van der Waals surface area contributed by atoms with Crippen LogP contribution in [0.1, 0.15) is 24.1 Å². The number of piperidine rings is 1. The van der Waals surface area contributed by atoms with Gasteiger partial charge in [0.15, 0.2) is 0 Å². The molecule has 3 aromatic rings. The van der Waals surface area contributed by atoms with Gasteiger partial charge in [-0.1, -0.05) is 12.1 Å². The third kappa shape index (κ3) is 5.71. The molecular weight excluding hydrogens is 366 g/mol. The molecule has 29 heavy (non-hydrogen) atoms. The van der Waals surface area contributed by atoms with Gasteiger partial charge in [0.1, 0.15) is 12.7 Å². The van der Waals surface area contributed by atoms with Gasteiger partial charge in [-0.25, -0.2) is 9.97 Å². The van der Waals surface area contributed by atoms with E-state index in [9.17, 15) is 0 Å². The van der Waals surface area contributed by atoms with Crippen LogP contribution in [-0.2, 0) is 13.0 Å². The highest BCUT2D eigenvalue weighted by molar-refractivity contribution is 5.25. The van der Waals surface area contributed by atoms with Crippen molar-refractivity contribution >= 4 is 0 Å². The van der Waals surface area contributed by atoms with E-state index in [-0.39, 0.29) is 6.10 Å². The van der Waals surface area contributed by atoms with E-state index in [1.165, 1.54) is 0 Å². The molecule has 0 bridgehead atoms. The number of aromatic nitrogens is 4. The molecule has 1 aliphatic heterocycles. The molecule has 0 spiro atoms. The summed E-state index contributed by atoms with van der Waals surface area (Å²) in [6.07, 6.45) is 11.6. The lowest BCUT2D eigenvalue weighted by Crippen LogP contribution is -2.39. The van der Waals surface area contributed by atoms with Crippen LogP contribution in [0.5, 0.6) is 11.8 Å². The molecule has 0 unspecified atom stereocenters. The Morgan fingerprint density at radius 1 is 0.897 bits per heavy atom. The molecule has 1 fully saturated rings. The fourth-order valence-corrected chi connectivity index (χ4v) is 3.35. The zero-order valence-electron chi connectivity index (χ0n) is 16.4. The average Bonchev–Trinajstić information content (AvgIpc) is 2.79. The van der Waals surface area contributed by atoms with Crippen LogP contribution in [0.25, 0.3) is 0 Å². The fourth-order valence-electron chi connectivity index (χ4n) is 3.35. The van der Waals surface area contributed by atoms with Gasteiger partial charge in [-0.3, -0.25) is 9.97 Å². The van der Waals surface area contributed by atoms with Crippen LogP contribution in [0.4, 0.5) is 0 Å². The third-order valence-electron chi connectivity index (χ3n) is 4.95. The molecule has 0 N–H and O–H groups in total. The summed E-state index contributed by atoms with van der Waals surface area (Å²) in [4.78, 5) is 19.6. The van der Waals surface area contributed by atoms with Gasteiger partial charge in [0.25, 0.3) is 11.8 Å². The monoisotopic (exact) mass is 391 g/mol. The van der Waals surface area contributed by atoms with Crippen LogP contribution in [-0.4, -0.2) is 50.6 Å². The van der Waals surface area contributed by atoms with Gasteiger partial charge in [-0.15, -0.1) is 0 Å². The van der Waals surface area contributed by atoms with Crippen LogP contribution in [0.15, 0.2) is 61.3 Å². The van der Waals surface area contributed by atoms with Crippen molar-refractivity contribution in [1.82, 2.24) is 24.8 Å². The Hall–Kier alpha value is -3.06. The lowest BCUT2D eigenvalue weighted by atomic mass is 10.1. The second-order valence-electron chi connectivity index (χ2n) is 7.05. The molecule has 0 radical (unpaired) electrons. The average molecular weight is 391 g/mol. The highest BCUT2D eigenvalue weighted by Gasteiger charge is 2.22. The van der Waals surface area contributed by atoms with E-state index < -0.39 is 0 Å². The summed E-state index contributed by atoms with van der Waals surface area (Å²) in [5.41, 5.74) is 2.12. The standard InChI is InChI=1S/C22H25N5O2/c1-2-10-24-19(5-1)6-13-27-14-7-20(8-15-27)29-22-21(25-11-12-26-22)28-17-18-4-3-9-23-16-18/h1-5,9-12,16,20H,6-8,13-15,17H2. The van der Waals surface area contributed by atoms with Crippen LogP contribution < -0.4 is 9.47 Å². The molecule has 0 amide bonds. The predicted molar refractivity (Wildman–Crippen MR) is 109 cm³/mol. The lowest BCUT2D eigenvalue weighted by Gasteiger charge is -2.31. The highest BCUT2D eigenvalue weighted by Crippen LogP contribution is 2.25. The maximum atomic E-state index is 6.13. The summed E-state index contributed by atoms with van der Waals surface area (Å²) >= 11 is 0. The Morgan fingerprint density at radius 3 is 2.52 bits per heavy atom. The summed E-state index contributed by atoms with van der Waals surface area (Å²) in [5, 5.41) is 0. The Kier molecular flexibility index (Phi) is 6.60. The van der Waals surface area contributed by atoms with Gasteiger partial charge < -0.3 is 14.4 Å². The molecule has 3 aromatic heterocycles. The maximum absolute atomic E-state index is 6.13. The Morgan fingerprint density at radius 2 is 1.76 bits per heavy atom. The molecule has 4 heterocycles. The van der Waals surface area contributed by atoms with E-state index in [4.69, 9.17) is 9.47 Å². The maximum Gasteiger partial charge on any atom is 0.278 e. The van der Waals surface area contributed by atoms with Gasteiger partial charge in [-0.05, 0) is 31.0 Å². The van der Waals surface area contributed by atoms with Crippen LogP contribution >= 0.6 is 0 Å². The molecule has 1 aliphatic rings. The van der Waals surface area contributed by atoms with Crippen LogP contribution in [0.3, 0.4) is 0 Å². The van der Waals surface area contributed by atoms with E-state index in [0.29, 0.717) is 18.4 Å². The van der Waals surface area contributed by atoms with Gasteiger partial charge in [0, 0.05) is 68.3 Å². The molecule has 0 saturated carbocycles. The van der Waals surface area contributed by atoms with E-state index in [1.54, 1.807) is 24.8 Å². The number of nitrogens with zero attached hydrogens (tertiary/aromatic N) is 5. The molecule has 7 heteroatoms. The quantitative estimate of drug-likeness (QED) is 0.584. The summed E-state index contributed by atoms with van der Waals surface area (Å²) in [6.45, 7) is 3.41. The smallest absolute Gasteiger partial charge is 0.278 e. The number of likely N-dealkylation sites (tertiary alicyclic amines) is 1. The Balaban J connectivity index is 1.26. The summed E-state index contributed by atoms with van der Waals surface area (Å²) in [5.74, 6) is 0.886. The third-order valence-corrected chi connectivity index (χ3v) is 4.95. The van der Waals surface area contributed by atoms with Crippen molar-refractivity contribution < 1.29 is 9.47 Å². The van der Waals surface area contributed by atoms with Crippen LogP contribution in [0, 0.1) is 0 Å². The number of hydrogen-bond acceptors (Lipinski definition) is 7. The van der Waals surface area contributed by atoms with Gasteiger partial charge in [0.2, 0.25) is 0 Å². The van der Waals surface area contributed by atoms with Crippen LogP contribution in [0.2, 0.25) is 0 Å². The normalized spacial score (nSPS) is 15.2. The molecule has 0 aromatic carbocycles. The van der Waals surface area contributed by atoms with Crippen molar-refractivity contribution in [3.8, 4) is 11.8 Å². The number of ether oxygens (including phenoxy) is 2.